The van der Waals surface area contributed by atoms with Crippen LogP contribution in [0.2, 0.25) is 0 Å². The molecule has 2 aromatic heterocycles. The Kier molecular flexibility index (Phi) is 7.26. The highest BCUT2D eigenvalue weighted by molar-refractivity contribution is 5.70. The van der Waals surface area contributed by atoms with E-state index in [1.807, 2.05) is 19.9 Å². The van der Waals surface area contributed by atoms with Crippen LogP contribution in [0, 0.1) is 20.8 Å². The Morgan fingerprint density at radius 2 is 1.91 bits per heavy atom. The van der Waals surface area contributed by atoms with Crippen molar-refractivity contribution in [2.24, 2.45) is 0 Å². The van der Waals surface area contributed by atoms with Gasteiger partial charge in [-0.15, -0.1) is 5.73 Å². The maximum Gasteiger partial charge on any atom is 0.224 e. The summed E-state index contributed by atoms with van der Waals surface area (Å²) in [6, 6.07) is 6.08. The molecule has 0 amide bonds. The number of aliphatic hydroxyl groups excluding tert-OH is 1. The minimum Gasteiger partial charge on any atom is -0.374 e. The number of aliphatic hydroxyl groups is 1. The molecular formula is C26H32N6O. The number of hydrogen-bond donors (Lipinski definition) is 3. The quantitative estimate of drug-likeness (QED) is 0.330. The van der Waals surface area contributed by atoms with Gasteiger partial charge in [0.25, 0.3) is 0 Å². The van der Waals surface area contributed by atoms with Gasteiger partial charge in [0.15, 0.2) is 0 Å². The highest BCUT2D eigenvalue weighted by atomic mass is 16.3. The van der Waals surface area contributed by atoms with Gasteiger partial charge in [0, 0.05) is 23.6 Å². The number of nitrogens with zero attached hydrogens (tertiary/aromatic N) is 4. The summed E-state index contributed by atoms with van der Waals surface area (Å²) in [5.41, 5.74) is 10.0. The lowest BCUT2D eigenvalue weighted by atomic mass is 9.85. The zero-order chi connectivity index (χ0) is 24.2. The fourth-order valence-electron chi connectivity index (χ4n) is 3.53. The normalized spacial score (nSPS) is 12.1. The topological polar surface area (TPSA) is 95.9 Å². The van der Waals surface area contributed by atoms with Crippen molar-refractivity contribution in [1.82, 2.24) is 19.9 Å². The molecule has 0 saturated heterocycles. The molecule has 0 aliphatic rings. The Hall–Kier alpha value is -3.54. The molecule has 33 heavy (non-hydrogen) atoms. The van der Waals surface area contributed by atoms with Crippen molar-refractivity contribution in [3.8, 4) is 11.3 Å². The predicted octanol–water partition coefficient (Wildman–Crippen LogP) is 5.06. The van der Waals surface area contributed by atoms with Gasteiger partial charge in [-0.25, -0.2) is 15.0 Å². The molecule has 0 radical (unpaired) electrons. The van der Waals surface area contributed by atoms with Crippen molar-refractivity contribution < 1.29 is 5.11 Å². The van der Waals surface area contributed by atoms with Gasteiger partial charge in [0.2, 0.25) is 5.95 Å². The van der Waals surface area contributed by atoms with Crippen molar-refractivity contribution in [3.63, 3.8) is 0 Å². The summed E-state index contributed by atoms with van der Waals surface area (Å²) in [4.78, 5) is 17.7. The van der Waals surface area contributed by atoms with Crippen LogP contribution in [0.4, 0.5) is 11.6 Å². The zero-order valence-corrected chi connectivity index (χ0v) is 20.2. The Morgan fingerprint density at radius 3 is 2.58 bits per heavy atom. The second kappa shape index (κ2) is 9.94. The average molecular weight is 445 g/mol. The van der Waals surface area contributed by atoms with Crippen LogP contribution in [0.1, 0.15) is 49.7 Å². The standard InChI is InChI=1S/C26H32N6O/c1-8-22(26(6,7)23-10-11-28-25(31-23)32-24(33)9-2)30-20-13-16(3)19(12-17(20)4)21-15-27-14-18(5)29-21/h10-15,24,30,33H,1,9H2,2-7H3,(H,28,31,32). The first-order valence-corrected chi connectivity index (χ1v) is 11.0. The molecule has 1 aromatic carbocycles. The Morgan fingerprint density at radius 1 is 1.15 bits per heavy atom. The van der Waals surface area contributed by atoms with E-state index in [0.717, 1.165) is 45.2 Å². The number of rotatable bonds is 8. The Balaban J connectivity index is 1.91. The minimum absolute atomic E-state index is 0.383. The van der Waals surface area contributed by atoms with E-state index in [0.29, 0.717) is 12.4 Å². The van der Waals surface area contributed by atoms with E-state index in [9.17, 15) is 5.11 Å². The average Bonchev–Trinajstić information content (AvgIpc) is 2.79. The van der Waals surface area contributed by atoms with Crippen molar-refractivity contribution in [2.75, 3.05) is 10.6 Å². The summed E-state index contributed by atoms with van der Waals surface area (Å²) in [5.74, 6) is 0.383. The van der Waals surface area contributed by atoms with E-state index in [4.69, 9.17) is 0 Å². The molecule has 0 spiro atoms. The molecule has 7 nitrogen and oxygen atoms in total. The third-order valence-electron chi connectivity index (χ3n) is 5.64. The number of aromatic nitrogens is 4. The van der Waals surface area contributed by atoms with Gasteiger partial charge in [-0.05, 0) is 70.4 Å². The van der Waals surface area contributed by atoms with Crippen molar-refractivity contribution in [1.29, 1.82) is 0 Å². The maximum atomic E-state index is 9.89. The van der Waals surface area contributed by atoms with E-state index < -0.39 is 11.6 Å². The van der Waals surface area contributed by atoms with Gasteiger partial charge in [0.1, 0.15) is 6.23 Å². The second-order valence-corrected chi connectivity index (χ2v) is 8.66. The molecule has 0 saturated carbocycles. The monoisotopic (exact) mass is 444 g/mol. The lowest BCUT2D eigenvalue weighted by molar-refractivity contribution is 0.198. The van der Waals surface area contributed by atoms with Crippen LogP contribution in [-0.2, 0) is 5.41 Å². The van der Waals surface area contributed by atoms with Crippen molar-refractivity contribution in [2.45, 2.75) is 59.6 Å². The number of benzene rings is 1. The summed E-state index contributed by atoms with van der Waals surface area (Å²) in [5, 5.41) is 16.3. The predicted molar refractivity (Wildman–Crippen MR) is 133 cm³/mol. The van der Waals surface area contributed by atoms with Crippen molar-refractivity contribution >= 4 is 11.6 Å². The smallest absolute Gasteiger partial charge is 0.224 e. The molecule has 0 fully saturated rings. The van der Waals surface area contributed by atoms with Gasteiger partial charge in [-0.2, -0.15) is 0 Å². The van der Waals surface area contributed by atoms with E-state index in [-0.39, 0.29) is 0 Å². The maximum absolute atomic E-state index is 9.89. The van der Waals surface area contributed by atoms with Gasteiger partial charge in [-0.1, -0.05) is 13.5 Å². The molecule has 7 heteroatoms. The third kappa shape index (κ3) is 5.45. The van der Waals surface area contributed by atoms with E-state index in [1.165, 1.54) is 0 Å². The van der Waals surface area contributed by atoms with Crippen LogP contribution >= 0.6 is 0 Å². The van der Waals surface area contributed by atoms with E-state index in [2.05, 4.69) is 82.7 Å². The SMILES string of the molecule is C=C=C(Nc1cc(C)c(-c2cncc(C)n2)cc1C)C(C)(C)c1ccnc(NC(O)CC)n1. The van der Waals surface area contributed by atoms with Crippen LogP contribution in [0.15, 0.2) is 54.8 Å². The van der Waals surface area contributed by atoms with E-state index >= 15 is 0 Å². The first kappa shape index (κ1) is 24.1. The molecule has 1 atom stereocenters. The third-order valence-corrected chi connectivity index (χ3v) is 5.64. The number of hydrogen-bond acceptors (Lipinski definition) is 7. The number of nitrogens with one attached hydrogen (secondary N) is 2. The second-order valence-electron chi connectivity index (χ2n) is 8.66. The molecular weight excluding hydrogens is 412 g/mol. The lowest BCUT2D eigenvalue weighted by Gasteiger charge is -2.28. The fraction of sp³-hybridized carbons (Fsp3) is 0.346. The highest BCUT2D eigenvalue weighted by Gasteiger charge is 2.29. The van der Waals surface area contributed by atoms with Crippen molar-refractivity contribution in [3.05, 3.63) is 77.3 Å². The van der Waals surface area contributed by atoms with Crippen LogP contribution in [-0.4, -0.2) is 31.3 Å². The first-order valence-electron chi connectivity index (χ1n) is 11.0. The molecule has 3 rings (SSSR count). The summed E-state index contributed by atoms with van der Waals surface area (Å²) in [6.07, 6.45) is 5.08. The Labute approximate surface area is 195 Å². The number of allylic oxidation sites excluding steroid dienone is 1. The lowest BCUT2D eigenvalue weighted by Crippen LogP contribution is -2.27. The molecule has 172 valence electrons. The first-order chi connectivity index (χ1) is 15.6. The summed E-state index contributed by atoms with van der Waals surface area (Å²) < 4.78 is 0. The highest BCUT2D eigenvalue weighted by Crippen LogP contribution is 2.34. The molecule has 2 heterocycles. The molecule has 3 N–H and O–H groups in total. The molecule has 1 unspecified atom stereocenters. The number of anilines is 2. The van der Waals surface area contributed by atoms with Crippen LogP contribution in [0.3, 0.4) is 0 Å². The summed E-state index contributed by atoms with van der Waals surface area (Å²) >= 11 is 0. The van der Waals surface area contributed by atoms with Gasteiger partial charge in [0.05, 0.1) is 34.4 Å². The summed E-state index contributed by atoms with van der Waals surface area (Å²) in [7, 11) is 0. The largest absolute Gasteiger partial charge is 0.374 e. The molecule has 0 bridgehead atoms. The molecule has 0 aliphatic heterocycles. The van der Waals surface area contributed by atoms with Crippen LogP contribution in [0.25, 0.3) is 11.3 Å². The Bertz CT molecular complexity index is 1200. The fourth-order valence-corrected chi connectivity index (χ4v) is 3.53. The van der Waals surface area contributed by atoms with Gasteiger partial charge in [-0.3, -0.25) is 4.98 Å². The van der Waals surface area contributed by atoms with E-state index in [1.54, 1.807) is 18.6 Å². The van der Waals surface area contributed by atoms with Gasteiger partial charge >= 0.3 is 0 Å². The number of aryl methyl sites for hydroxylation is 3. The molecule has 3 aromatic rings. The zero-order valence-electron chi connectivity index (χ0n) is 20.2. The summed E-state index contributed by atoms with van der Waals surface area (Å²) in [6.45, 7) is 16.0. The van der Waals surface area contributed by atoms with Crippen LogP contribution in [0.5, 0.6) is 0 Å². The van der Waals surface area contributed by atoms with Gasteiger partial charge < -0.3 is 15.7 Å². The van der Waals surface area contributed by atoms with Crippen LogP contribution < -0.4 is 10.6 Å². The molecule has 0 aliphatic carbocycles. The minimum atomic E-state index is -0.696.